The molecule has 138 valence electrons. The zero-order valence-electron chi connectivity index (χ0n) is 17.1. The van der Waals surface area contributed by atoms with Gasteiger partial charge in [-0.25, -0.2) is 0 Å². The van der Waals surface area contributed by atoms with Gasteiger partial charge in [0, 0.05) is 0 Å². The minimum atomic E-state index is 1.26. The molecule has 0 nitrogen and oxygen atoms in total. The fourth-order valence-electron chi connectivity index (χ4n) is 3.69. The quantitative estimate of drug-likeness (QED) is 0.347. The van der Waals surface area contributed by atoms with Crippen LogP contribution in [0.15, 0.2) is 84.9 Å². The molecule has 0 aliphatic carbocycles. The summed E-state index contributed by atoms with van der Waals surface area (Å²) in [4.78, 5) is 0. The molecule has 0 atom stereocenters. The van der Waals surface area contributed by atoms with Crippen molar-refractivity contribution in [3.05, 3.63) is 107 Å². The molecule has 0 amide bonds. The van der Waals surface area contributed by atoms with E-state index in [0.717, 1.165) is 0 Å². The molecule has 28 heavy (non-hydrogen) atoms. The topological polar surface area (TPSA) is 0 Å². The molecule has 4 aromatic carbocycles. The van der Waals surface area contributed by atoms with E-state index in [1.54, 1.807) is 0 Å². The van der Waals surface area contributed by atoms with Crippen LogP contribution in [0.2, 0.25) is 0 Å². The van der Waals surface area contributed by atoms with E-state index in [4.69, 9.17) is 0 Å². The summed E-state index contributed by atoms with van der Waals surface area (Å²) in [5, 5.41) is 0. The van der Waals surface area contributed by atoms with Crippen LogP contribution in [0.3, 0.4) is 0 Å². The molecule has 0 aromatic heterocycles. The van der Waals surface area contributed by atoms with E-state index in [2.05, 4.69) is 113 Å². The van der Waals surface area contributed by atoms with E-state index in [-0.39, 0.29) is 0 Å². The molecule has 0 aliphatic heterocycles. The van der Waals surface area contributed by atoms with Crippen LogP contribution in [-0.2, 0) is 0 Å². The molecule has 0 N–H and O–H groups in total. The first-order chi connectivity index (χ1) is 13.5. The van der Waals surface area contributed by atoms with E-state index in [1.807, 2.05) is 0 Å². The van der Waals surface area contributed by atoms with Gasteiger partial charge in [-0.2, -0.15) is 0 Å². The Morgan fingerprint density at radius 3 is 1.04 bits per heavy atom. The van der Waals surface area contributed by atoms with E-state index in [1.165, 1.54) is 55.6 Å². The van der Waals surface area contributed by atoms with Crippen molar-refractivity contribution in [1.29, 1.82) is 0 Å². The molecule has 4 rings (SSSR count). The van der Waals surface area contributed by atoms with Gasteiger partial charge < -0.3 is 0 Å². The molecule has 0 unspecified atom stereocenters. The van der Waals surface area contributed by atoms with Crippen LogP contribution >= 0.6 is 0 Å². The van der Waals surface area contributed by atoms with Gasteiger partial charge in [0.25, 0.3) is 0 Å². The Kier molecular flexibility index (Phi) is 4.88. The van der Waals surface area contributed by atoms with Gasteiger partial charge in [0.05, 0.1) is 0 Å². The van der Waals surface area contributed by atoms with Gasteiger partial charge in [0.2, 0.25) is 0 Å². The van der Waals surface area contributed by atoms with Crippen molar-refractivity contribution in [2.45, 2.75) is 27.7 Å². The third-order valence-electron chi connectivity index (χ3n) is 5.52. The van der Waals surface area contributed by atoms with Gasteiger partial charge in [-0.05, 0) is 78.8 Å². The second-order valence-corrected chi connectivity index (χ2v) is 7.79. The Bertz CT molecular complexity index is 1030. The van der Waals surface area contributed by atoms with E-state index < -0.39 is 0 Å². The number of benzene rings is 4. The predicted molar refractivity (Wildman–Crippen MR) is 122 cm³/mol. The highest BCUT2D eigenvalue weighted by Crippen LogP contribution is 2.37. The fraction of sp³-hybridized carbons (Fsp3) is 0.143. The van der Waals surface area contributed by atoms with Gasteiger partial charge in [0.15, 0.2) is 0 Å². The van der Waals surface area contributed by atoms with Gasteiger partial charge in [-0.15, -0.1) is 0 Å². The lowest BCUT2D eigenvalue weighted by Gasteiger charge is -2.16. The van der Waals surface area contributed by atoms with Gasteiger partial charge in [-0.3, -0.25) is 0 Å². The minimum Gasteiger partial charge on any atom is -0.0587 e. The molecule has 0 heteroatoms. The third kappa shape index (κ3) is 3.64. The van der Waals surface area contributed by atoms with Gasteiger partial charge in [0.1, 0.15) is 0 Å². The lowest BCUT2D eigenvalue weighted by atomic mass is 9.88. The Hall–Kier alpha value is -3.12. The van der Waals surface area contributed by atoms with Crippen LogP contribution in [0.25, 0.3) is 33.4 Å². The van der Waals surface area contributed by atoms with Crippen LogP contribution in [-0.4, -0.2) is 0 Å². The van der Waals surface area contributed by atoms with Crippen LogP contribution in [0.4, 0.5) is 0 Å². The van der Waals surface area contributed by atoms with Crippen molar-refractivity contribution in [3.8, 4) is 33.4 Å². The summed E-state index contributed by atoms with van der Waals surface area (Å²) < 4.78 is 0. The zero-order valence-corrected chi connectivity index (χ0v) is 17.1. The lowest BCUT2D eigenvalue weighted by molar-refractivity contribution is 1.41. The molecule has 0 heterocycles. The molecule has 0 saturated carbocycles. The maximum Gasteiger partial charge on any atom is -0.0142 e. The maximum atomic E-state index is 2.34. The van der Waals surface area contributed by atoms with Crippen molar-refractivity contribution < 1.29 is 0 Å². The summed E-state index contributed by atoms with van der Waals surface area (Å²) in [7, 11) is 0. The third-order valence-corrected chi connectivity index (χ3v) is 5.52. The van der Waals surface area contributed by atoms with Crippen molar-refractivity contribution in [2.24, 2.45) is 0 Å². The Labute approximate surface area is 168 Å². The molecule has 0 bridgehead atoms. The van der Waals surface area contributed by atoms with Crippen LogP contribution in [0, 0.1) is 27.7 Å². The minimum absolute atomic E-state index is 1.26. The predicted octanol–water partition coefficient (Wildman–Crippen LogP) is 7.92. The van der Waals surface area contributed by atoms with E-state index in [0.29, 0.717) is 0 Å². The first kappa shape index (κ1) is 18.3. The zero-order chi connectivity index (χ0) is 19.7. The summed E-state index contributed by atoms with van der Waals surface area (Å²) in [6, 6.07) is 31.2. The average Bonchev–Trinajstić information content (AvgIpc) is 2.70. The summed E-state index contributed by atoms with van der Waals surface area (Å²) in [5.41, 5.74) is 12.8. The van der Waals surface area contributed by atoms with Crippen LogP contribution in [0.1, 0.15) is 22.3 Å². The summed E-state index contributed by atoms with van der Waals surface area (Å²) >= 11 is 0. The highest BCUT2D eigenvalue weighted by Gasteiger charge is 2.12. The van der Waals surface area contributed by atoms with Crippen molar-refractivity contribution in [3.63, 3.8) is 0 Å². The van der Waals surface area contributed by atoms with Gasteiger partial charge in [-0.1, -0.05) is 89.5 Å². The van der Waals surface area contributed by atoms with Crippen molar-refractivity contribution in [1.82, 2.24) is 0 Å². The van der Waals surface area contributed by atoms with Gasteiger partial charge >= 0.3 is 0 Å². The molecule has 0 aliphatic rings. The Balaban J connectivity index is 1.95. The molecular weight excluding hydrogens is 336 g/mol. The molecule has 0 radical (unpaired) electrons. The standard InChI is InChI=1S/C28H26/c1-19-5-11-23(12-6-19)26-17-27(24-13-7-20(2)8-14-24)22(4)28(18-26)25-15-9-21(3)10-16-25/h5-18H,1-4H3. The normalized spacial score (nSPS) is 10.9. The number of rotatable bonds is 3. The number of hydrogen-bond donors (Lipinski definition) is 0. The molecule has 0 saturated heterocycles. The largest absolute Gasteiger partial charge is 0.0587 e. The molecule has 4 aromatic rings. The first-order valence-corrected chi connectivity index (χ1v) is 9.87. The Morgan fingerprint density at radius 2 is 0.679 bits per heavy atom. The highest BCUT2D eigenvalue weighted by atomic mass is 14.2. The van der Waals surface area contributed by atoms with E-state index in [9.17, 15) is 0 Å². The van der Waals surface area contributed by atoms with Crippen LogP contribution in [0.5, 0.6) is 0 Å². The monoisotopic (exact) mass is 362 g/mol. The Morgan fingerprint density at radius 1 is 0.357 bits per heavy atom. The maximum absolute atomic E-state index is 2.34. The number of aryl methyl sites for hydroxylation is 3. The summed E-state index contributed by atoms with van der Waals surface area (Å²) in [6.45, 7) is 8.64. The highest BCUT2D eigenvalue weighted by molar-refractivity contribution is 5.85. The van der Waals surface area contributed by atoms with Crippen molar-refractivity contribution >= 4 is 0 Å². The summed E-state index contributed by atoms with van der Waals surface area (Å²) in [5.74, 6) is 0. The first-order valence-electron chi connectivity index (χ1n) is 9.87. The smallest absolute Gasteiger partial charge is 0.0142 e. The van der Waals surface area contributed by atoms with Crippen LogP contribution < -0.4 is 0 Å². The summed E-state index contributed by atoms with van der Waals surface area (Å²) in [6.07, 6.45) is 0. The molecular formula is C28H26. The van der Waals surface area contributed by atoms with E-state index >= 15 is 0 Å². The van der Waals surface area contributed by atoms with Crippen molar-refractivity contribution in [2.75, 3.05) is 0 Å². The SMILES string of the molecule is Cc1ccc(-c2cc(-c3ccc(C)cc3)c(C)c(-c3ccc(C)cc3)c2)cc1. The fourth-order valence-corrected chi connectivity index (χ4v) is 3.69. The average molecular weight is 363 g/mol. The molecule has 0 fully saturated rings. The lowest BCUT2D eigenvalue weighted by Crippen LogP contribution is -1.92. The number of hydrogen-bond acceptors (Lipinski definition) is 0. The second-order valence-electron chi connectivity index (χ2n) is 7.79. The second kappa shape index (κ2) is 7.48. The molecule has 0 spiro atoms.